The van der Waals surface area contributed by atoms with E-state index in [1.54, 1.807) is 11.0 Å². The molecule has 0 spiro atoms. The molecule has 0 saturated heterocycles. The van der Waals surface area contributed by atoms with E-state index in [9.17, 15) is 9.59 Å². The molecule has 0 bridgehead atoms. The number of ether oxygens (including phenoxy) is 1. The molecular formula is C26H21N3O3S. The topological polar surface area (TPSA) is 71.5 Å². The molecule has 3 aromatic carbocycles. The second-order valence-electron chi connectivity index (χ2n) is 7.80. The van der Waals surface area contributed by atoms with Crippen LogP contribution in [-0.2, 0) is 11.3 Å². The molecule has 0 fully saturated rings. The Morgan fingerprint density at radius 2 is 1.94 bits per heavy atom. The zero-order valence-corrected chi connectivity index (χ0v) is 18.8. The van der Waals surface area contributed by atoms with E-state index in [1.807, 2.05) is 79.0 Å². The summed E-state index contributed by atoms with van der Waals surface area (Å²) in [5, 5.41) is 5.27. The van der Waals surface area contributed by atoms with Crippen LogP contribution in [0.1, 0.15) is 21.5 Å². The van der Waals surface area contributed by atoms with E-state index in [0.717, 1.165) is 22.4 Å². The van der Waals surface area contributed by atoms with Crippen LogP contribution >= 0.6 is 11.3 Å². The van der Waals surface area contributed by atoms with Gasteiger partial charge in [0.2, 0.25) is 0 Å². The van der Waals surface area contributed by atoms with Crippen molar-refractivity contribution in [3.63, 3.8) is 0 Å². The molecule has 2 heterocycles. The van der Waals surface area contributed by atoms with Gasteiger partial charge in [0.05, 0.1) is 17.9 Å². The molecule has 0 atom stereocenters. The van der Waals surface area contributed by atoms with Gasteiger partial charge in [-0.15, -0.1) is 11.3 Å². The van der Waals surface area contributed by atoms with Crippen LogP contribution in [0.25, 0.3) is 11.3 Å². The zero-order chi connectivity index (χ0) is 22.8. The van der Waals surface area contributed by atoms with Crippen molar-refractivity contribution in [2.24, 2.45) is 0 Å². The number of aryl methyl sites for hydroxylation is 1. The largest absolute Gasteiger partial charge is 0.482 e. The Morgan fingerprint density at radius 3 is 2.76 bits per heavy atom. The van der Waals surface area contributed by atoms with Crippen molar-refractivity contribution in [3.05, 3.63) is 94.9 Å². The highest BCUT2D eigenvalue weighted by atomic mass is 32.1. The van der Waals surface area contributed by atoms with Gasteiger partial charge in [-0.25, -0.2) is 4.98 Å². The van der Waals surface area contributed by atoms with Crippen LogP contribution in [0.5, 0.6) is 5.75 Å². The molecule has 6 nitrogen and oxygen atoms in total. The summed E-state index contributed by atoms with van der Waals surface area (Å²) >= 11 is 1.36. The Balaban J connectivity index is 1.39. The smallest absolute Gasteiger partial charge is 0.265 e. The molecule has 0 radical (unpaired) electrons. The Labute approximate surface area is 195 Å². The van der Waals surface area contributed by atoms with Crippen molar-refractivity contribution in [1.82, 2.24) is 4.98 Å². The third-order valence-corrected chi connectivity index (χ3v) is 6.14. The Morgan fingerprint density at radius 1 is 1.09 bits per heavy atom. The molecule has 4 aromatic rings. The summed E-state index contributed by atoms with van der Waals surface area (Å²) in [5.74, 6) is 0.378. The summed E-state index contributed by atoms with van der Waals surface area (Å²) in [6.07, 6.45) is 0. The van der Waals surface area contributed by atoms with E-state index in [1.165, 1.54) is 11.3 Å². The SMILES string of the molecule is Cc1cccc(C(=O)Nc2nc(-c3ccc4c(c3)N(Cc3ccccc3)C(=O)CO4)cs2)c1. The van der Waals surface area contributed by atoms with Crippen LogP contribution in [0.2, 0.25) is 0 Å². The van der Waals surface area contributed by atoms with Crippen molar-refractivity contribution >= 4 is 34.0 Å². The number of amides is 2. The summed E-state index contributed by atoms with van der Waals surface area (Å²) < 4.78 is 5.64. The number of hydrogen-bond donors (Lipinski definition) is 1. The average Bonchev–Trinajstić information content (AvgIpc) is 3.30. The van der Waals surface area contributed by atoms with E-state index < -0.39 is 0 Å². The zero-order valence-electron chi connectivity index (χ0n) is 17.9. The quantitative estimate of drug-likeness (QED) is 0.444. The van der Waals surface area contributed by atoms with Crippen molar-refractivity contribution in [2.75, 3.05) is 16.8 Å². The first-order valence-corrected chi connectivity index (χ1v) is 11.4. The number of nitrogens with zero attached hydrogens (tertiary/aromatic N) is 2. The molecule has 1 N–H and O–H groups in total. The maximum Gasteiger partial charge on any atom is 0.265 e. The maximum absolute atomic E-state index is 12.6. The van der Waals surface area contributed by atoms with Crippen LogP contribution < -0.4 is 15.0 Å². The molecule has 1 aliphatic rings. The van der Waals surface area contributed by atoms with Gasteiger partial charge >= 0.3 is 0 Å². The molecule has 7 heteroatoms. The van der Waals surface area contributed by atoms with Crippen LogP contribution in [-0.4, -0.2) is 23.4 Å². The maximum atomic E-state index is 12.6. The molecule has 33 heavy (non-hydrogen) atoms. The highest BCUT2D eigenvalue weighted by molar-refractivity contribution is 7.14. The first kappa shape index (κ1) is 20.9. The lowest BCUT2D eigenvalue weighted by Crippen LogP contribution is -2.38. The number of anilines is 2. The number of hydrogen-bond acceptors (Lipinski definition) is 5. The lowest BCUT2D eigenvalue weighted by atomic mass is 10.1. The van der Waals surface area contributed by atoms with E-state index in [2.05, 4.69) is 10.3 Å². The molecule has 5 rings (SSSR count). The van der Waals surface area contributed by atoms with Gasteiger partial charge in [-0.2, -0.15) is 0 Å². The second-order valence-corrected chi connectivity index (χ2v) is 8.66. The minimum Gasteiger partial charge on any atom is -0.482 e. The third-order valence-electron chi connectivity index (χ3n) is 5.39. The molecule has 1 aromatic heterocycles. The molecule has 0 unspecified atom stereocenters. The molecule has 0 saturated carbocycles. The van der Waals surface area contributed by atoms with Gasteiger partial charge in [-0.05, 0) is 42.8 Å². The van der Waals surface area contributed by atoms with Crippen LogP contribution in [0.15, 0.2) is 78.2 Å². The van der Waals surface area contributed by atoms with Gasteiger partial charge in [0, 0.05) is 16.5 Å². The predicted molar refractivity (Wildman–Crippen MR) is 130 cm³/mol. The summed E-state index contributed by atoms with van der Waals surface area (Å²) in [7, 11) is 0. The van der Waals surface area contributed by atoms with Gasteiger partial charge in [0.25, 0.3) is 11.8 Å². The summed E-state index contributed by atoms with van der Waals surface area (Å²) in [5.41, 5.74) is 4.93. The van der Waals surface area contributed by atoms with E-state index in [4.69, 9.17) is 4.74 Å². The first-order chi connectivity index (χ1) is 16.1. The number of nitrogens with one attached hydrogen (secondary N) is 1. The van der Waals surface area contributed by atoms with Crippen LogP contribution in [0.3, 0.4) is 0 Å². The molecule has 1 aliphatic heterocycles. The predicted octanol–water partition coefficient (Wildman–Crippen LogP) is 5.30. The number of carbonyl (C=O) groups excluding carboxylic acids is 2. The van der Waals surface area contributed by atoms with Crippen LogP contribution in [0.4, 0.5) is 10.8 Å². The minimum absolute atomic E-state index is 0.0189. The fourth-order valence-corrected chi connectivity index (χ4v) is 4.43. The van der Waals surface area contributed by atoms with Gasteiger partial charge in [0.1, 0.15) is 5.75 Å². The van der Waals surface area contributed by atoms with Crippen molar-refractivity contribution in [2.45, 2.75) is 13.5 Å². The molecule has 0 aliphatic carbocycles. The van der Waals surface area contributed by atoms with Crippen LogP contribution in [0, 0.1) is 6.92 Å². The highest BCUT2D eigenvalue weighted by Crippen LogP contribution is 2.37. The van der Waals surface area contributed by atoms with E-state index in [-0.39, 0.29) is 18.4 Å². The lowest BCUT2D eigenvalue weighted by molar-refractivity contribution is -0.121. The summed E-state index contributed by atoms with van der Waals surface area (Å²) in [4.78, 5) is 31.5. The fraction of sp³-hybridized carbons (Fsp3) is 0.115. The number of thiazole rings is 1. The molecule has 164 valence electrons. The number of carbonyl (C=O) groups is 2. The lowest BCUT2D eigenvalue weighted by Gasteiger charge is -2.29. The van der Waals surface area contributed by atoms with Crippen molar-refractivity contribution in [3.8, 4) is 17.0 Å². The number of aromatic nitrogens is 1. The summed E-state index contributed by atoms with van der Waals surface area (Å²) in [6, 6.07) is 23.0. The third kappa shape index (κ3) is 4.49. The Kier molecular flexibility index (Phi) is 5.62. The van der Waals surface area contributed by atoms with E-state index in [0.29, 0.717) is 28.7 Å². The number of fused-ring (bicyclic) bond motifs is 1. The van der Waals surface area contributed by atoms with Gasteiger partial charge < -0.3 is 9.64 Å². The highest BCUT2D eigenvalue weighted by Gasteiger charge is 2.26. The monoisotopic (exact) mass is 455 g/mol. The second kappa shape index (κ2) is 8.88. The Hall–Kier alpha value is -3.97. The number of benzene rings is 3. The molecular weight excluding hydrogens is 434 g/mol. The standard InChI is InChI=1S/C26H21N3O3S/c1-17-6-5-9-20(12-17)25(31)28-26-27-21(16-33-26)19-10-11-23-22(13-19)29(24(30)15-32-23)14-18-7-3-2-4-8-18/h2-13,16H,14-15H2,1H3,(H,27,28,31). The average molecular weight is 456 g/mol. The fourth-order valence-electron chi connectivity index (χ4n) is 3.72. The summed E-state index contributed by atoms with van der Waals surface area (Å²) in [6.45, 7) is 2.43. The van der Waals surface area contributed by atoms with Crippen molar-refractivity contribution in [1.29, 1.82) is 0 Å². The Bertz CT molecular complexity index is 1330. The first-order valence-electron chi connectivity index (χ1n) is 10.5. The van der Waals surface area contributed by atoms with Gasteiger partial charge in [-0.3, -0.25) is 14.9 Å². The number of rotatable bonds is 5. The van der Waals surface area contributed by atoms with Crippen molar-refractivity contribution < 1.29 is 14.3 Å². The normalized spacial score (nSPS) is 12.8. The molecule has 2 amide bonds. The minimum atomic E-state index is -0.196. The van der Waals surface area contributed by atoms with Gasteiger partial charge in [0.15, 0.2) is 11.7 Å². The van der Waals surface area contributed by atoms with E-state index >= 15 is 0 Å². The van der Waals surface area contributed by atoms with Gasteiger partial charge in [-0.1, -0.05) is 48.0 Å².